The molecule has 1 aromatic heterocycles. The molecule has 0 amide bonds. The molecule has 2 aromatic rings. The van der Waals surface area contributed by atoms with E-state index >= 15 is 0 Å². The van der Waals surface area contributed by atoms with Crippen LogP contribution in [0.25, 0.3) is 10.9 Å². The van der Waals surface area contributed by atoms with Gasteiger partial charge in [-0.15, -0.1) is 12.4 Å². The molecule has 1 aliphatic rings. The number of fused-ring (bicyclic) bond motifs is 1. The molecule has 1 saturated heterocycles. The summed E-state index contributed by atoms with van der Waals surface area (Å²) in [5, 5.41) is 4.64. The van der Waals surface area contributed by atoms with Gasteiger partial charge in [-0.2, -0.15) is 0 Å². The van der Waals surface area contributed by atoms with Crippen LogP contribution in [0.1, 0.15) is 24.4 Å². The minimum Gasteiger partial charge on any atom is -0.361 e. The number of hydrogen-bond donors (Lipinski definition) is 3. The second-order valence-corrected chi connectivity index (χ2v) is 4.94. The maximum atomic E-state index is 6.39. The normalized spacial score (nSPS) is 18.5. The van der Waals surface area contributed by atoms with Crippen molar-refractivity contribution in [2.24, 2.45) is 11.7 Å². The maximum Gasteiger partial charge on any atom is 0.0457 e. The molecular formula is C14H20ClN3. The number of hydrogen-bond acceptors (Lipinski definition) is 2. The molecule has 0 aliphatic carbocycles. The molecule has 1 aromatic carbocycles. The van der Waals surface area contributed by atoms with Crippen LogP contribution >= 0.6 is 12.4 Å². The van der Waals surface area contributed by atoms with E-state index in [-0.39, 0.29) is 18.4 Å². The van der Waals surface area contributed by atoms with Gasteiger partial charge in [-0.25, -0.2) is 0 Å². The summed E-state index contributed by atoms with van der Waals surface area (Å²) in [5.41, 5.74) is 8.83. The summed E-state index contributed by atoms with van der Waals surface area (Å²) < 4.78 is 0. The number of benzene rings is 1. The third-order valence-corrected chi connectivity index (χ3v) is 3.86. The van der Waals surface area contributed by atoms with Crippen LogP contribution in [-0.4, -0.2) is 18.1 Å². The van der Waals surface area contributed by atoms with Crippen LogP contribution in [-0.2, 0) is 0 Å². The number of nitrogens with one attached hydrogen (secondary N) is 2. The van der Waals surface area contributed by atoms with Crippen LogP contribution in [0.15, 0.2) is 30.5 Å². The molecule has 3 rings (SSSR count). The van der Waals surface area contributed by atoms with Gasteiger partial charge in [0.1, 0.15) is 0 Å². The third-order valence-electron chi connectivity index (χ3n) is 3.86. The van der Waals surface area contributed by atoms with Crippen molar-refractivity contribution < 1.29 is 0 Å². The smallest absolute Gasteiger partial charge is 0.0457 e. The molecule has 0 unspecified atom stereocenters. The molecule has 0 spiro atoms. The molecule has 1 fully saturated rings. The van der Waals surface area contributed by atoms with Crippen LogP contribution in [0.2, 0.25) is 0 Å². The Balaban J connectivity index is 0.00000120. The summed E-state index contributed by atoms with van der Waals surface area (Å²) in [7, 11) is 0. The molecule has 98 valence electrons. The molecule has 3 nitrogen and oxygen atoms in total. The lowest BCUT2D eigenvalue weighted by Crippen LogP contribution is -2.33. The van der Waals surface area contributed by atoms with Crippen molar-refractivity contribution in [3.63, 3.8) is 0 Å². The summed E-state index contributed by atoms with van der Waals surface area (Å²) in [6, 6.07) is 8.78. The van der Waals surface area contributed by atoms with Gasteiger partial charge in [0.25, 0.3) is 0 Å². The molecule has 0 bridgehead atoms. The van der Waals surface area contributed by atoms with E-state index in [1.165, 1.54) is 29.3 Å². The topological polar surface area (TPSA) is 53.8 Å². The maximum absolute atomic E-state index is 6.39. The lowest BCUT2D eigenvalue weighted by atomic mass is 9.86. The van der Waals surface area contributed by atoms with E-state index in [9.17, 15) is 0 Å². The van der Waals surface area contributed by atoms with Gasteiger partial charge in [-0.05, 0) is 54.9 Å². The predicted octanol–water partition coefficient (Wildman–Crippen LogP) is 2.59. The highest BCUT2D eigenvalue weighted by atomic mass is 35.5. The molecule has 18 heavy (non-hydrogen) atoms. The first-order chi connectivity index (χ1) is 8.34. The first-order valence-corrected chi connectivity index (χ1v) is 6.38. The highest BCUT2D eigenvalue weighted by molar-refractivity contribution is 5.85. The number of aromatic amines is 1. The fourth-order valence-electron chi connectivity index (χ4n) is 2.75. The van der Waals surface area contributed by atoms with Gasteiger partial charge in [0.05, 0.1) is 0 Å². The molecule has 4 heteroatoms. The second kappa shape index (κ2) is 5.74. The van der Waals surface area contributed by atoms with Crippen LogP contribution < -0.4 is 11.1 Å². The molecule has 0 saturated carbocycles. The monoisotopic (exact) mass is 265 g/mol. The van der Waals surface area contributed by atoms with Gasteiger partial charge >= 0.3 is 0 Å². The molecule has 1 aliphatic heterocycles. The molecule has 2 heterocycles. The van der Waals surface area contributed by atoms with Crippen molar-refractivity contribution in [1.82, 2.24) is 10.3 Å². The van der Waals surface area contributed by atoms with E-state index < -0.39 is 0 Å². The summed E-state index contributed by atoms with van der Waals surface area (Å²) in [4.78, 5) is 3.25. The van der Waals surface area contributed by atoms with Crippen LogP contribution in [0, 0.1) is 5.92 Å². The Bertz CT molecular complexity index is 502. The summed E-state index contributed by atoms with van der Waals surface area (Å²) in [6.07, 6.45) is 4.35. The summed E-state index contributed by atoms with van der Waals surface area (Å²) in [6.45, 7) is 2.20. The van der Waals surface area contributed by atoms with Gasteiger partial charge in [-0.1, -0.05) is 12.1 Å². The molecule has 1 atom stereocenters. The highest BCUT2D eigenvalue weighted by Gasteiger charge is 2.21. The number of rotatable bonds is 2. The predicted molar refractivity (Wildman–Crippen MR) is 78.1 cm³/mol. The van der Waals surface area contributed by atoms with Crippen molar-refractivity contribution in [3.05, 3.63) is 36.0 Å². The minimum absolute atomic E-state index is 0. The van der Waals surface area contributed by atoms with Crippen molar-refractivity contribution in [2.75, 3.05) is 13.1 Å². The fourth-order valence-corrected chi connectivity index (χ4v) is 2.75. The van der Waals surface area contributed by atoms with Crippen LogP contribution in [0.4, 0.5) is 0 Å². The van der Waals surface area contributed by atoms with E-state index in [2.05, 4.69) is 34.6 Å². The van der Waals surface area contributed by atoms with Gasteiger partial charge in [0.2, 0.25) is 0 Å². The van der Waals surface area contributed by atoms with Crippen LogP contribution in [0.5, 0.6) is 0 Å². The van der Waals surface area contributed by atoms with Crippen molar-refractivity contribution >= 4 is 23.3 Å². The first-order valence-electron chi connectivity index (χ1n) is 6.38. The van der Waals surface area contributed by atoms with E-state index in [0.29, 0.717) is 5.92 Å². The average molecular weight is 266 g/mol. The van der Waals surface area contributed by atoms with E-state index in [4.69, 9.17) is 5.73 Å². The SMILES string of the molecule is Cl.N[C@@H](c1ccc2cc[nH]c2c1)C1CCNCC1. The van der Waals surface area contributed by atoms with Crippen molar-refractivity contribution in [1.29, 1.82) is 0 Å². The number of aromatic nitrogens is 1. The highest BCUT2D eigenvalue weighted by Crippen LogP contribution is 2.28. The zero-order valence-electron chi connectivity index (χ0n) is 10.4. The average Bonchev–Trinajstić information content (AvgIpc) is 2.86. The van der Waals surface area contributed by atoms with E-state index in [0.717, 1.165) is 13.1 Å². The zero-order valence-corrected chi connectivity index (χ0v) is 11.2. The third kappa shape index (κ3) is 2.53. The lowest BCUT2D eigenvalue weighted by molar-refractivity contribution is 0.322. The Hall–Kier alpha value is -1.03. The summed E-state index contributed by atoms with van der Waals surface area (Å²) >= 11 is 0. The Morgan fingerprint density at radius 3 is 2.72 bits per heavy atom. The first kappa shape index (κ1) is 13.4. The molecule has 4 N–H and O–H groups in total. The second-order valence-electron chi connectivity index (χ2n) is 4.94. The molecular weight excluding hydrogens is 246 g/mol. The van der Waals surface area contributed by atoms with Gasteiger partial charge in [0, 0.05) is 17.8 Å². The Morgan fingerprint density at radius 1 is 1.17 bits per heavy atom. The Morgan fingerprint density at radius 2 is 1.94 bits per heavy atom. The van der Waals surface area contributed by atoms with Gasteiger partial charge in [0.15, 0.2) is 0 Å². The van der Waals surface area contributed by atoms with Crippen LogP contribution in [0.3, 0.4) is 0 Å². The van der Waals surface area contributed by atoms with Crippen molar-refractivity contribution in [3.8, 4) is 0 Å². The minimum atomic E-state index is 0. The lowest BCUT2D eigenvalue weighted by Gasteiger charge is -2.28. The Labute approximate surface area is 114 Å². The van der Waals surface area contributed by atoms with E-state index in [1.54, 1.807) is 0 Å². The van der Waals surface area contributed by atoms with Gasteiger partial charge in [-0.3, -0.25) is 0 Å². The number of H-pyrrole nitrogens is 1. The van der Waals surface area contributed by atoms with E-state index in [1.807, 2.05) is 6.20 Å². The Kier molecular flexibility index (Phi) is 4.27. The number of nitrogens with two attached hydrogens (primary N) is 1. The zero-order chi connectivity index (χ0) is 11.7. The largest absolute Gasteiger partial charge is 0.361 e. The van der Waals surface area contributed by atoms with Crippen molar-refractivity contribution in [2.45, 2.75) is 18.9 Å². The number of piperidine rings is 1. The standard InChI is InChI=1S/C14H19N3.ClH/c15-14(11-3-6-16-7-4-11)12-2-1-10-5-8-17-13(10)9-12;/h1-2,5,8-9,11,14,16-17H,3-4,6-7,15H2;1H/t14-;/m1./s1. The fraction of sp³-hybridized carbons (Fsp3) is 0.429. The number of halogens is 1. The summed E-state index contributed by atoms with van der Waals surface area (Å²) in [5.74, 6) is 0.615. The van der Waals surface area contributed by atoms with Gasteiger partial charge < -0.3 is 16.0 Å². The quantitative estimate of drug-likeness (QED) is 0.782. The molecule has 0 radical (unpaired) electrons.